The van der Waals surface area contributed by atoms with Gasteiger partial charge in [-0.15, -0.1) is 0 Å². The molecule has 0 fully saturated rings. The first-order chi connectivity index (χ1) is 8.62. The van der Waals surface area contributed by atoms with E-state index < -0.39 is 10.1 Å². The summed E-state index contributed by atoms with van der Waals surface area (Å²) in [5, 5.41) is 0. The van der Waals surface area contributed by atoms with Gasteiger partial charge < -0.3 is 4.42 Å². The molecule has 2 aromatic rings. The van der Waals surface area contributed by atoms with E-state index in [4.69, 9.17) is 8.60 Å². The molecule has 0 N–H and O–H groups in total. The Morgan fingerprint density at radius 2 is 1.72 bits per heavy atom. The van der Waals surface area contributed by atoms with E-state index in [-0.39, 0.29) is 11.5 Å². The molecular formula is C13H14O4S. The second kappa shape index (κ2) is 5.37. The zero-order chi connectivity index (χ0) is 13.0. The minimum atomic E-state index is -3.72. The standard InChI is InChI=1S/C13H14O4S/c1-2-11-8-9-12(17-11)10-16-18(14,15)13-6-4-3-5-7-13/h3-9H,2,10H2,1H3. The van der Waals surface area contributed by atoms with Crippen LogP contribution in [0.2, 0.25) is 0 Å². The molecule has 0 spiro atoms. The third-order valence-electron chi connectivity index (χ3n) is 2.45. The molecule has 0 saturated heterocycles. The van der Waals surface area contributed by atoms with Crippen molar-refractivity contribution in [2.45, 2.75) is 24.8 Å². The van der Waals surface area contributed by atoms with Crippen molar-refractivity contribution >= 4 is 10.1 Å². The van der Waals surface area contributed by atoms with Gasteiger partial charge >= 0.3 is 0 Å². The Bertz CT molecular complexity index is 599. The molecule has 2 rings (SSSR count). The van der Waals surface area contributed by atoms with Crippen molar-refractivity contribution < 1.29 is 17.0 Å². The van der Waals surface area contributed by atoms with E-state index in [2.05, 4.69) is 0 Å². The topological polar surface area (TPSA) is 56.5 Å². The number of benzene rings is 1. The summed E-state index contributed by atoms with van der Waals surface area (Å²) in [4.78, 5) is 0.146. The Labute approximate surface area is 106 Å². The molecule has 0 bridgehead atoms. The summed E-state index contributed by atoms with van der Waals surface area (Å²) < 4.78 is 33.9. The van der Waals surface area contributed by atoms with Gasteiger partial charge in [-0.3, -0.25) is 4.18 Å². The maximum Gasteiger partial charge on any atom is 0.297 e. The first-order valence-electron chi connectivity index (χ1n) is 5.64. The highest BCUT2D eigenvalue weighted by molar-refractivity contribution is 7.86. The molecule has 0 aliphatic rings. The molecule has 0 aliphatic heterocycles. The smallest absolute Gasteiger partial charge is 0.297 e. The van der Waals surface area contributed by atoms with Crippen molar-refractivity contribution in [3.63, 3.8) is 0 Å². The van der Waals surface area contributed by atoms with E-state index in [1.54, 1.807) is 24.3 Å². The van der Waals surface area contributed by atoms with Crippen LogP contribution in [0.4, 0.5) is 0 Å². The highest BCUT2D eigenvalue weighted by atomic mass is 32.2. The number of furan rings is 1. The third-order valence-corrected chi connectivity index (χ3v) is 3.73. The van der Waals surface area contributed by atoms with Crippen molar-refractivity contribution in [1.82, 2.24) is 0 Å². The minimum Gasteiger partial charge on any atom is -0.464 e. The van der Waals surface area contributed by atoms with Crippen LogP contribution in [0, 0.1) is 0 Å². The molecule has 0 radical (unpaired) electrons. The molecule has 0 amide bonds. The molecule has 1 aromatic heterocycles. The van der Waals surface area contributed by atoms with Crippen LogP contribution in [0.25, 0.3) is 0 Å². The van der Waals surface area contributed by atoms with Crippen LogP contribution in [0.3, 0.4) is 0 Å². The lowest BCUT2D eigenvalue weighted by Crippen LogP contribution is -2.05. The van der Waals surface area contributed by atoms with Crippen molar-refractivity contribution in [3.05, 3.63) is 54.0 Å². The highest BCUT2D eigenvalue weighted by Crippen LogP contribution is 2.15. The number of rotatable bonds is 5. The van der Waals surface area contributed by atoms with Crippen LogP contribution in [0.1, 0.15) is 18.4 Å². The molecule has 0 aliphatic carbocycles. The number of hydrogen-bond donors (Lipinski definition) is 0. The predicted molar refractivity (Wildman–Crippen MR) is 66.5 cm³/mol. The number of hydrogen-bond acceptors (Lipinski definition) is 4. The summed E-state index contributed by atoms with van der Waals surface area (Å²) in [6.07, 6.45) is 0.769. The molecule has 0 unspecified atom stereocenters. The van der Waals surface area contributed by atoms with Gasteiger partial charge in [-0.25, -0.2) is 0 Å². The molecule has 5 heteroatoms. The summed E-state index contributed by atoms with van der Waals surface area (Å²) in [6, 6.07) is 11.6. The van der Waals surface area contributed by atoms with Crippen LogP contribution in [0.15, 0.2) is 51.8 Å². The average Bonchev–Trinajstić information content (AvgIpc) is 2.86. The zero-order valence-corrected chi connectivity index (χ0v) is 10.8. The molecule has 1 aromatic carbocycles. The van der Waals surface area contributed by atoms with Crippen LogP contribution in [-0.4, -0.2) is 8.42 Å². The van der Waals surface area contributed by atoms with Gasteiger partial charge in [-0.1, -0.05) is 25.1 Å². The van der Waals surface area contributed by atoms with E-state index >= 15 is 0 Å². The quantitative estimate of drug-likeness (QED) is 0.781. The van der Waals surface area contributed by atoms with Crippen LogP contribution >= 0.6 is 0 Å². The zero-order valence-electron chi connectivity index (χ0n) is 10.00. The fourth-order valence-electron chi connectivity index (χ4n) is 1.48. The van der Waals surface area contributed by atoms with Gasteiger partial charge in [0.2, 0.25) is 0 Å². The summed E-state index contributed by atoms with van der Waals surface area (Å²) in [5.41, 5.74) is 0. The van der Waals surface area contributed by atoms with E-state index in [0.29, 0.717) is 5.76 Å². The van der Waals surface area contributed by atoms with E-state index in [1.165, 1.54) is 12.1 Å². The molecule has 4 nitrogen and oxygen atoms in total. The minimum absolute atomic E-state index is 0.0861. The van der Waals surface area contributed by atoms with Gasteiger partial charge in [0.25, 0.3) is 10.1 Å². The molecule has 96 valence electrons. The van der Waals surface area contributed by atoms with Gasteiger partial charge in [0, 0.05) is 6.42 Å². The van der Waals surface area contributed by atoms with Crippen molar-refractivity contribution in [2.75, 3.05) is 0 Å². The Balaban J connectivity index is 2.06. The summed E-state index contributed by atoms with van der Waals surface area (Å²) in [6.45, 7) is 1.88. The van der Waals surface area contributed by atoms with Gasteiger partial charge in [0.1, 0.15) is 18.1 Å². The number of aryl methyl sites for hydroxylation is 1. The lowest BCUT2D eigenvalue weighted by atomic mass is 10.4. The maximum absolute atomic E-state index is 11.8. The molecule has 0 atom stereocenters. The lowest BCUT2D eigenvalue weighted by Gasteiger charge is -2.03. The van der Waals surface area contributed by atoms with Crippen molar-refractivity contribution in [2.24, 2.45) is 0 Å². The second-order valence-electron chi connectivity index (χ2n) is 3.75. The van der Waals surface area contributed by atoms with Gasteiger partial charge in [-0.2, -0.15) is 8.42 Å². The Morgan fingerprint density at radius 1 is 1.06 bits per heavy atom. The average molecular weight is 266 g/mol. The van der Waals surface area contributed by atoms with Gasteiger partial charge in [0.15, 0.2) is 0 Å². The third kappa shape index (κ3) is 3.00. The van der Waals surface area contributed by atoms with Crippen LogP contribution in [-0.2, 0) is 27.3 Å². The van der Waals surface area contributed by atoms with Gasteiger partial charge in [0.05, 0.1) is 4.90 Å². The Morgan fingerprint density at radius 3 is 2.33 bits per heavy atom. The molecule has 18 heavy (non-hydrogen) atoms. The van der Waals surface area contributed by atoms with E-state index in [1.807, 2.05) is 13.0 Å². The van der Waals surface area contributed by atoms with Gasteiger partial charge in [-0.05, 0) is 24.3 Å². The van der Waals surface area contributed by atoms with Crippen LogP contribution < -0.4 is 0 Å². The van der Waals surface area contributed by atoms with Crippen LogP contribution in [0.5, 0.6) is 0 Å². The van der Waals surface area contributed by atoms with E-state index in [0.717, 1.165) is 12.2 Å². The monoisotopic (exact) mass is 266 g/mol. The first kappa shape index (κ1) is 12.9. The summed E-state index contributed by atoms with van der Waals surface area (Å²) in [7, 11) is -3.72. The molecule has 1 heterocycles. The summed E-state index contributed by atoms with van der Waals surface area (Å²) >= 11 is 0. The Hall–Kier alpha value is -1.59. The maximum atomic E-state index is 11.8. The lowest BCUT2D eigenvalue weighted by molar-refractivity contribution is 0.270. The largest absolute Gasteiger partial charge is 0.464 e. The fraction of sp³-hybridized carbons (Fsp3) is 0.231. The fourth-order valence-corrected chi connectivity index (χ4v) is 2.38. The first-order valence-corrected chi connectivity index (χ1v) is 7.04. The Kier molecular flexibility index (Phi) is 3.84. The molecular weight excluding hydrogens is 252 g/mol. The predicted octanol–water partition coefficient (Wildman–Crippen LogP) is 2.75. The van der Waals surface area contributed by atoms with E-state index in [9.17, 15) is 8.42 Å². The second-order valence-corrected chi connectivity index (χ2v) is 5.37. The highest BCUT2D eigenvalue weighted by Gasteiger charge is 2.15. The molecule has 0 saturated carbocycles. The SMILES string of the molecule is CCc1ccc(COS(=O)(=O)c2ccccc2)o1. The van der Waals surface area contributed by atoms with Crippen molar-refractivity contribution in [3.8, 4) is 0 Å². The van der Waals surface area contributed by atoms with Crippen molar-refractivity contribution in [1.29, 1.82) is 0 Å². The normalized spacial score (nSPS) is 11.6. The summed E-state index contributed by atoms with van der Waals surface area (Å²) in [5.74, 6) is 1.32.